The van der Waals surface area contributed by atoms with Crippen LogP contribution in [0.1, 0.15) is 50.1 Å². The largest absolute Gasteiger partial charge is 0.506 e. The van der Waals surface area contributed by atoms with E-state index < -0.39 is 11.3 Å². The number of fused-ring (bicyclic) bond motifs is 10. The zero-order valence-corrected chi connectivity index (χ0v) is 33.5. The molecule has 0 unspecified atom stereocenters. The van der Waals surface area contributed by atoms with Crippen LogP contribution in [0.15, 0.2) is 144 Å². The Morgan fingerprint density at radius 3 is 1.57 bits per heavy atom. The second-order valence-corrected chi connectivity index (χ2v) is 17.1. The van der Waals surface area contributed by atoms with Crippen LogP contribution >= 0.6 is 0 Å². The quantitative estimate of drug-likeness (QED) is 0.133. The van der Waals surface area contributed by atoms with Gasteiger partial charge >= 0.3 is 0 Å². The Hall–Kier alpha value is -7.44. The fraction of sp³-hybridized carbons (Fsp3) is 0.111. The number of anilines is 3. The molecule has 2 aliphatic heterocycles. The number of aryl methyl sites for hydroxylation is 4. The Bertz CT molecular complexity index is 3460. The van der Waals surface area contributed by atoms with E-state index in [0.29, 0.717) is 21.7 Å². The van der Waals surface area contributed by atoms with E-state index in [0.717, 1.165) is 94.2 Å². The molecule has 6 nitrogen and oxygen atoms in total. The van der Waals surface area contributed by atoms with Gasteiger partial charge in [-0.3, -0.25) is 4.79 Å². The van der Waals surface area contributed by atoms with E-state index in [2.05, 4.69) is 153 Å². The molecule has 0 bridgehead atoms. The van der Waals surface area contributed by atoms with Crippen LogP contribution in [0.25, 0.3) is 54.9 Å². The highest BCUT2D eigenvalue weighted by Gasteiger charge is 2.50. The van der Waals surface area contributed by atoms with Gasteiger partial charge in [-0.25, -0.2) is 4.99 Å². The number of aliphatic hydroxyl groups excluding tert-OH is 1. The minimum absolute atomic E-state index is 0.0162. The molecule has 0 radical (unpaired) electrons. The Morgan fingerprint density at radius 2 is 0.983 bits per heavy atom. The van der Waals surface area contributed by atoms with E-state index in [1.54, 1.807) is 0 Å². The molecular formula is C54H38N4O2. The maximum absolute atomic E-state index is 15.1. The molecule has 2 heterocycles. The summed E-state index contributed by atoms with van der Waals surface area (Å²) in [6.07, 6.45) is 0. The van der Waals surface area contributed by atoms with Crippen molar-refractivity contribution in [1.29, 1.82) is 0 Å². The third kappa shape index (κ3) is 3.89. The predicted octanol–water partition coefficient (Wildman–Crippen LogP) is 10.6. The van der Waals surface area contributed by atoms with Crippen LogP contribution in [0.5, 0.6) is 0 Å². The van der Waals surface area contributed by atoms with E-state index in [1.807, 2.05) is 24.3 Å². The van der Waals surface area contributed by atoms with Crippen molar-refractivity contribution in [3.8, 4) is 22.3 Å². The first-order valence-electron chi connectivity index (χ1n) is 20.7. The molecule has 13 rings (SSSR count). The van der Waals surface area contributed by atoms with Gasteiger partial charge in [-0.1, -0.05) is 121 Å². The number of carbonyl (C=O) groups excluding carboxylic acids is 1. The average molecular weight is 775 g/mol. The molecule has 4 N–H and O–H groups in total. The van der Waals surface area contributed by atoms with E-state index in [-0.39, 0.29) is 17.1 Å². The number of ketones is 1. The number of nitrogens with zero attached hydrogens (tertiary/aromatic N) is 1. The van der Waals surface area contributed by atoms with Gasteiger partial charge in [0.15, 0.2) is 11.3 Å². The highest BCUT2D eigenvalue weighted by Crippen LogP contribution is 2.57. The topological polar surface area (TPSA) is 85.8 Å². The number of benzene rings is 8. The van der Waals surface area contributed by atoms with E-state index in [4.69, 9.17) is 4.99 Å². The number of nitrogens with one attached hydrogen (secondary N) is 3. The minimum atomic E-state index is -0.928. The SMILES string of the molecule is Cc1cccc2c1C1(N=c3/c(=C4/C(=O)C(c5ccc6cccc7c6c5NC5(N7)c6c(C)cccc6-c6cccc(C)c65)=C4O)ccc4cccc(c34)N1)c1c(C)cccc1-2. The monoisotopic (exact) mass is 774 g/mol. The molecule has 0 saturated carbocycles. The van der Waals surface area contributed by atoms with Crippen molar-refractivity contribution in [2.45, 2.75) is 39.0 Å². The predicted molar refractivity (Wildman–Crippen MR) is 242 cm³/mol. The van der Waals surface area contributed by atoms with E-state index in [9.17, 15) is 5.11 Å². The fourth-order valence-electron chi connectivity index (χ4n) is 11.6. The standard InChI is InChI=1S/C54H38N4O2/c1-27-11-5-17-33-34-18-6-12-28(2)46(34)53(45(27)33)55-39-21-9-15-31-23-25-37(49(57-53)41(31)39)43-51(59)44(52(43)60)38-26-24-32-16-10-22-40-42(32)50(38)58-54(56-40)47-29(3)13-7-19-35(47)36-20-8-14-30(4)48(36)54/h5-26,55-57,59H,1-4H3/b44-38+. The van der Waals surface area contributed by atoms with Gasteiger partial charge in [0.1, 0.15) is 5.76 Å². The summed E-state index contributed by atoms with van der Waals surface area (Å²) in [6.45, 7) is 8.62. The Labute approximate surface area is 346 Å². The molecule has 8 aromatic carbocycles. The maximum atomic E-state index is 15.1. The van der Waals surface area contributed by atoms with Crippen molar-refractivity contribution in [2.75, 3.05) is 16.0 Å². The lowest BCUT2D eigenvalue weighted by Gasteiger charge is -2.42. The molecule has 5 aliphatic rings. The Balaban J connectivity index is 1.08. The van der Waals surface area contributed by atoms with E-state index in [1.165, 1.54) is 11.1 Å². The number of Topliss-reactive ketones (excluding diaryl/α,β-unsaturated/α-hetero) is 1. The van der Waals surface area contributed by atoms with Crippen LogP contribution < -0.4 is 26.5 Å². The van der Waals surface area contributed by atoms with Crippen molar-refractivity contribution in [1.82, 2.24) is 0 Å². The van der Waals surface area contributed by atoms with Crippen molar-refractivity contribution >= 4 is 55.5 Å². The summed E-state index contributed by atoms with van der Waals surface area (Å²) < 4.78 is 0. The number of allylic oxidation sites excluding steroid dienone is 2. The Kier molecular flexibility index (Phi) is 6.25. The normalized spacial score (nSPS) is 17.4. The molecular weight excluding hydrogens is 737 g/mol. The molecule has 0 fully saturated rings. The van der Waals surface area contributed by atoms with Crippen molar-refractivity contribution in [3.63, 3.8) is 0 Å². The lowest BCUT2D eigenvalue weighted by Crippen LogP contribution is -2.46. The summed E-state index contributed by atoms with van der Waals surface area (Å²) >= 11 is 0. The molecule has 0 saturated heterocycles. The van der Waals surface area contributed by atoms with Crippen LogP contribution in [0, 0.1) is 27.7 Å². The van der Waals surface area contributed by atoms with Crippen molar-refractivity contribution in [2.24, 2.45) is 4.99 Å². The highest BCUT2D eigenvalue weighted by atomic mass is 16.3. The fourth-order valence-corrected chi connectivity index (χ4v) is 11.6. The summed E-state index contributed by atoms with van der Waals surface area (Å²) in [7, 11) is 0. The van der Waals surface area contributed by atoms with Crippen molar-refractivity contribution in [3.05, 3.63) is 200 Å². The van der Waals surface area contributed by atoms with Crippen LogP contribution in [0.4, 0.5) is 17.1 Å². The highest BCUT2D eigenvalue weighted by molar-refractivity contribution is 6.52. The molecule has 60 heavy (non-hydrogen) atoms. The van der Waals surface area contributed by atoms with Crippen LogP contribution in [-0.2, 0) is 16.1 Å². The summed E-state index contributed by atoms with van der Waals surface area (Å²) in [5.41, 5.74) is 16.0. The zero-order chi connectivity index (χ0) is 40.4. The molecule has 3 aliphatic carbocycles. The van der Waals surface area contributed by atoms with Gasteiger partial charge in [-0.2, -0.15) is 0 Å². The van der Waals surface area contributed by atoms with Crippen molar-refractivity contribution < 1.29 is 9.90 Å². The Morgan fingerprint density at radius 1 is 0.483 bits per heavy atom. The maximum Gasteiger partial charge on any atom is 0.201 e. The number of hydrogen-bond donors (Lipinski definition) is 4. The smallest absolute Gasteiger partial charge is 0.201 e. The molecule has 6 heteroatoms. The summed E-state index contributed by atoms with van der Waals surface area (Å²) in [5, 5.41) is 29.7. The van der Waals surface area contributed by atoms with Gasteiger partial charge in [0.25, 0.3) is 0 Å². The first-order valence-corrected chi connectivity index (χ1v) is 20.7. The van der Waals surface area contributed by atoms with Crippen LogP contribution in [-0.4, -0.2) is 10.9 Å². The molecule has 2 spiro atoms. The van der Waals surface area contributed by atoms with Crippen LogP contribution in [0.3, 0.4) is 0 Å². The van der Waals surface area contributed by atoms with Gasteiger partial charge in [0.05, 0.1) is 22.2 Å². The molecule has 286 valence electrons. The number of aliphatic hydroxyl groups is 1. The summed E-state index contributed by atoms with van der Waals surface area (Å²) in [4.78, 5) is 20.8. The van der Waals surface area contributed by atoms with Gasteiger partial charge in [0.2, 0.25) is 5.78 Å². The summed E-state index contributed by atoms with van der Waals surface area (Å²) in [5.74, 6) is -0.220. The number of carbonyl (C=O) groups is 1. The minimum Gasteiger partial charge on any atom is -0.506 e. The molecule has 8 aromatic rings. The van der Waals surface area contributed by atoms with Gasteiger partial charge < -0.3 is 21.1 Å². The van der Waals surface area contributed by atoms with Gasteiger partial charge in [0, 0.05) is 55.2 Å². The molecule has 0 aromatic heterocycles. The lowest BCUT2D eigenvalue weighted by atomic mass is 9.79. The number of hydrogen-bond acceptors (Lipinski definition) is 6. The second kappa shape index (κ2) is 11.2. The average Bonchev–Trinajstić information content (AvgIpc) is 3.68. The molecule has 0 atom stereocenters. The molecule has 0 amide bonds. The second-order valence-electron chi connectivity index (χ2n) is 17.1. The first-order chi connectivity index (χ1) is 29.2. The number of rotatable bonds is 1. The van der Waals surface area contributed by atoms with E-state index >= 15 is 4.79 Å². The van der Waals surface area contributed by atoms with Gasteiger partial charge in [-0.15, -0.1) is 0 Å². The zero-order valence-electron chi connectivity index (χ0n) is 33.5. The third-order valence-corrected chi connectivity index (χ3v) is 13.9. The van der Waals surface area contributed by atoms with Gasteiger partial charge in [-0.05, 0) is 95.1 Å². The lowest BCUT2D eigenvalue weighted by molar-refractivity contribution is -0.109. The summed E-state index contributed by atoms with van der Waals surface area (Å²) in [6, 6.07) is 46.4. The third-order valence-electron chi connectivity index (χ3n) is 13.9. The van der Waals surface area contributed by atoms with Crippen LogP contribution in [0.2, 0.25) is 0 Å². The first kappa shape index (κ1) is 33.5.